The number of rotatable bonds is 5. The first-order valence-electron chi connectivity index (χ1n) is 16.5. The van der Waals surface area contributed by atoms with E-state index in [1.54, 1.807) is 0 Å². The highest BCUT2D eigenvalue weighted by Gasteiger charge is 2.24. The van der Waals surface area contributed by atoms with Crippen molar-refractivity contribution in [2.24, 2.45) is 0 Å². The van der Waals surface area contributed by atoms with Crippen LogP contribution in [0.3, 0.4) is 0 Å². The third-order valence-electron chi connectivity index (χ3n) is 9.16. The third kappa shape index (κ3) is 4.73. The van der Waals surface area contributed by atoms with Crippen LogP contribution in [0.4, 0.5) is 0 Å². The van der Waals surface area contributed by atoms with Gasteiger partial charge in [0.05, 0.1) is 5.56 Å². The lowest BCUT2D eigenvalue weighted by Crippen LogP contribution is -2.00. The minimum absolute atomic E-state index is 0.477. The van der Waals surface area contributed by atoms with Gasteiger partial charge in [0.15, 0.2) is 23.1 Å². The Kier molecular flexibility index (Phi) is 6.39. The molecule has 234 valence electrons. The first-order chi connectivity index (χ1) is 24.7. The smallest absolute Gasteiger partial charge is 0.227 e. The molecule has 3 aromatic heterocycles. The number of hydrogen-bond donors (Lipinski definition) is 0. The van der Waals surface area contributed by atoms with E-state index in [0.717, 1.165) is 44.2 Å². The van der Waals surface area contributed by atoms with E-state index in [0.29, 0.717) is 45.6 Å². The monoisotopic (exact) mass is 642 g/mol. The molecule has 6 nitrogen and oxygen atoms in total. The van der Waals surface area contributed by atoms with Gasteiger partial charge in [0.1, 0.15) is 16.7 Å². The molecule has 0 saturated carbocycles. The van der Waals surface area contributed by atoms with Crippen LogP contribution in [-0.4, -0.2) is 19.9 Å². The first kappa shape index (κ1) is 28.1. The van der Waals surface area contributed by atoms with Gasteiger partial charge in [-0.2, -0.15) is 0 Å². The Morgan fingerprint density at radius 2 is 0.980 bits per heavy atom. The largest absolute Gasteiger partial charge is 0.456 e. The molecule has 0 fully saturated rings. The average Bonchev–Trinajstić information content (AvgIpc) is 3.79. The summed E-state index contributed by atoms with van der Waals surface area (Å²) in [5, 5.41) is 4.24. The maximum Gasteiger partial charge on any atom is 0.227 e. The highest BCUT2D eigenvalue weighted by atomic mass is 16.4. The van der Waals surface area contributed by atoms with Crippen LogP contribution in [0.2, 0.25) is 0 Å². The maximum absolute atomic E-state index is 6.60. The summed E-state index contributed by atoms with van der Waals surface area (Å²) in [6.07, 6.45) is 0. The summed E-state index contributed by atoms with van der Waals surface area (Å²) >= 11 is 0. The van der Waals surface area contributed by atoms with Crippen LogP contribution in [0, 0.1) is 0 Å². The zero-order valence-corrected chi connectivity index (χ0v) is 26.6. The molecule has 0 N–H and O–H groups in total. The van der Waals surface area contributed by atoms with E-state index < -0.39 is 0 Å². The summed E-state index contributed by atoms with van der Waals surface area (Å²) in [6, 6.07) is 53.2. The van der Waals surface area contributed by atoms with Crippen molar-refractivity contribution in [2.75, 3.05) is 0 Å². The average molecular weight is 643 g/mol. The first-order valence-corrected chi connectivity index (χ1v) is 16.5. The van der Waals surface area contributed by atoms with Gasteiger partial charge in [0, 0.05) is 33.5 Å². The minimum atomic E-state index is 0.477. The summed E-state index contributed by atoms with van der Waals surface area (Å²) in [5.41, 5.74) is 8.31. The van der Waals surface area contributed by atoms with Gasteiger partial charge in [0.25, 0.3) is 0 Å². The molecule has 10 aromatic rings. The van der Waals surface area contributed by atoms with Gasteiger partial charge in [0.2, 0.25) is 5.89 Å². The van der Waals surface area contributed by atoms with Gasteiger partial charge in [-0.05, 0) is 46.2 Å². The lowest BCUT2D eigenvalue weighted by Gasteiger charge is -2.10. The van der Waals surface area contributed by atoms with Crippen molar-refractivity contribution in [2.45, 2.75) is 0 Å². The number of furan rings is 1. The van der Waals surface area contributed by atoms with E-state index in [2.05, 4.69) is 72.8 Å². The molecule has 0 atom stereocenters. The Bertz CT molecular complexity index is 2860. The van der Waals surface area contributed by atoms with Crippen molar-refractivity contribution in [3.05, 3.63) is 158 Å². The van der Waals surface area contributed by atoms with Gasteiger partial charge >= 0.3 is 0 Å². The van der Waals surface area contributed by atoms with Gasteiger partial charge in [-0.25, -0.2) is 19.9 Å². The Morgan fingerprint density at radius 3 is 1.76 bits per heavy atom. The third-order valence-corrected chi connectivity index (χ3v) is 9.16. The van der Waals surface area contributed by atoms with Crippen molar-refractivity contribution in [1.29, 1.82) is 0 Å². The van der Waals surface area contributed by atoms with E-state index >= 15 is 0 Å². The van der Waals surface area contributed by atoms with Crippen LogP contribution < -0.4 is 0 Å². The zero-order valence-electron chi connectivity index (χ0n) is 26.6. The number of fused-ring (bicyclic) bond motifs is 5. The van der Waals surface area contributed by atoms with E-state index in [1.807, 2.05) is 84.9 Å². The summed E-state index contributed by atoms with van der Waals surface area (Å²) in [6.45, 7) is 0. The highest BCUT2D eigenvalue weighted by Crippen LogP contribution is 2.42. The van der Waals surface area contributed by atoms with Crippen LogP contribution in [0.25, 0.3) is 101 Å². The van der Waals surface area contributed by atoms with Crippen molar-refractivity contribution >= 4 is 43.8 Å². The summed E-state index contributed by atoms with van der Waals surface area (Å²) in [4.78, 5) is 20.2. The molecule has 10 rings (SSSR count). The van der Waals surface area contributed by atoms with Crippen molar-refractivity contribution < 1.29 is 8.83 Å². The molecule has 50 heavy (non-hydrogen) atoms. The van der Waals surface area contributed by atoms with Crippen molar-refractivity contribution in [3.63, 3.8) is 0 Å². The summed E-state index contributed by atoms with van der Waals surface area (Å²) in [5.74, 6) is 2.11. The molecule has 0 aliphatic carbocycles. The molecule has 0 spiro atoms. The molecule has 0 aliphatic heterocycles. The Balaban J connectivity index is 1.20. The quantitative estimate of drug-likeness (QED) is 0.186. The van der Waals surface area contributed by atoms with Crippen molar-refractivity contribution in [1.82, 2.24) is 19.9 Å². The summed E-state index contributed by atoms with van der Waals surface area (Å²) in [7, 11) is 0. The fourth-order valence-electron chi connectivity index (χ4n) is 6.70. The lowest BCUT2D eigenvalue weighted by molar-refractivity contribution is 0.620. The van der Waals surface area contributed by atoms with Crippen LogP contribution >= 0.6 is 0 Å². The number of aromatic nitrogens is 4. The molecule has 0 amide bonds. The molecule has 0 radical (unpaired) electrons. The molecule has 0 bridgehead atoms. The molecule has 3 heterocycles. The second-order valence-corrected chi connectivity index (χ2v) is 12.3. The number of hydrogen-bond acceptors (Lipinski definition) is 6. The standard InChI is InChI=1S/C44H26N4O2/c1-3-12-29(13-4-1)41-46-42(30-22-19-28(20-23-30)33-24-21-27-11-7-8-16-32(27)25-33)48-43(47-41)39-38-34-17-9-10-18-36(34)49-37(38)26-35-40(39)50-44(45-35)31-14-5-2-6-15-31/h1-26H. The lowest BCUT2D eigenvalue weighted by atomic mass is 10.00. The molecule has 0 aliphatic rings. The van der Waals surface area contributed by atoms with Crippen LogP contribution in [0.5, 0.6) is 0 Å². The van der Waals surface area contributed by atoms with Crippen molar-refractivity contribution in [3.8, 4) is 56.7 Å². The predicted octanol–water partition coefficient (Wildman–Crippen LogP) is 11.4. The fourth-order valence-corrected chi connectivity index (χ4v) is 6.70. The SMILES string of the molecule is c1ccc(-c2nc(-c3ccc(-c4ccc5ccccc5c4)cc3)nc(-c3c4oc(-c5ccccc5)nc4cc4oc5ccccc5c34)n2)cc1. The van der Waals surface area contributed by atoms with Crippen LogP contribution in [0.15, 0.2) is 167 Å². The molecular weight excluding hydrogens is 617 g/mol. The second kappa shape index (κ2) is 11.4. The normalized spacial score (nSPS) is 11.6. The topological polar surface area (TPSA) is 77.8 Å². The van der Waals surface area contributed by atoms with E-state index in [1.165, 1.54) is 10.8 Å². The molecule has 0 saturated heterocycles. The highest BCUT2D eigenvalue weighted by molar-refractivity contribution is 6.18. The Labute approximate surface area is 286 Å². The Morgan fingerprint density at radius 1 is 0.380 bits per heavy atom. The number of benzene rings is 7. The Hall–Kier alpha value is -6.92. The number of nitrogens with zero attached hydrogens (tertiary/aromatic N) is 4. The predicted molar refractivity (Wildman–Crippen MR) is 199 cm³/mol. The molecule has 7 aromatic carbocycles. The molecule has 6 heteroatoms. The zero-order chi connectivity index (χ0) is 33.0. The van der Waals surface area contributed by atoms with Gasteiger partial charge in [-0.3, -0.25) is 0 Å². The fraction of sp³-hybridized carbons (Fsp3) is 0. The van der Waals surface area contributed by atoms with E-state index in [4.69, 9.17) is 28.8 Å². The van der Waals surface area contributed by atoms with Gasteiger partial charge in [-0.15, -0.1) is 0 Å². The minimum Gasteiger partial charge on any atom is -0.456 e. The van der Waals surface area contributed by atoms with Gasteiger partial charge in [-0.1, -0.05) is 127 Å². The van der Waals surface area contributed by atoms with E-state index in [-0.39, 0.29) is 0 Å². The summed E-state index contributed by atoms with van der Waals surface area (Å²) < 4.78 is 13.0. The second-order valence-electron chi connectivity index (χ2n) is 12.3. The maximum atomic E-state index is 6.60. The number of para-hydroxylation sites is 1. The van der Waals surface area contributed by atoms with Crippen LogP contribution in [-0.2, 0) is 0 Å². The van der Waals surface area contributed by atoms with Gasteiger partial charge < -0.3 is 8.83 Å². The van der Waals surface area contributed by atoms with E-state index in [9.17, 15) is 0 Å². The molecular formula is C44H26N4O2. The van der Waals surface area contributed by atoms with Crippen LogP contribution in [0.1, 0.15) is 0 Å². The molecule has 0 unspecified atom stereocenters. The number of oxazole rings is 1.